The lowest BCUT2D eigenvalue weighted by Crippen LogP contribution is -2.55. The first kappa shape index (κ1) is 12.5. The normalized spacial score (nSPS) is 38.0. The van der Waals surface area contributed by atoms with E-state index in [1.807, 2.05) is 0 Å². The minimum atomic E-state index is -1.34. The molecule has 5 heteroatoms. The topological polar surface area (TPSA) is 90.2 Å². The van der Waals surface area contributed by atoms with Crippen LogP contribution in [0.1, 0.15) is 11.7 Å². The molecule has 0 spiro atoms. The molecule has 1 aromatic carbocycles. The van der Waals surface area contributed by atoms with Gasteiger partial charge in [0.05, 0.1) is 6.61 Å². The molecule has 0 aromatic heterocycles. The van der Waals surface area contributed by atoms with Crippen molar-refractivity contribution in [1.82, 2.24) is 0 Å². The SMILES string of the molecule is OC[C@H]1O[C@@H](c2cc[c]cc2)[C@H](O)[C@@H](O)[C@H]1O. The molecular weight excluding hydrogens is 224 g/mol. The average molecular weight is 239 g/mol. The quantitative estimate of drug-likeness (QED) is 0.531. The van der Waals surface area contributed by atoms with Crippen molar-refractivity contribution in [2.45, 2.75) is 30.5 Å². The van der Waals surface area contributed by atoms with Gasteiger partial charge in [0.25, 0.3) is 0 Å². The Balaban J connectivity index is 2.23. The zero-order valence-corrected chi connectivity index (χ0v) is 9.10. The van der Waals surface area contributed by atoms with E-state index < -0.39 is 37.1 Å². The monoisotopic (exact) mass is 239 g/mol. The zero-order chi connectivity index (χ0) is 12.4. The first-order valence-electron chi connectivity index (χ1n) is 5.41. The lowest BCUT2D eigenvalue weighted by molar-refractivity contribution is -0.231. The van der Waals surface area contributed by atoms with Crippen molar-refractivity contribution in [3.8, 4) is 0 Å². The van der Waals surface area contributed by atoms with Gasteiger partial charge in [-0.25, -0.2) is 0 Å². The average Bonchev–Trinajstić information content (AvgIpc) is 2.37. The van der Waals surface area contributed by atoms with Crippen LogP contribution in [0.15, 0.2) is 24.3 Å². The van der Waals surface area contributed by atoms with Gasteiger partial charge >= 0.3 is 0 Å². The van der Waals surface area contributed by atoms with Crippen LogP contribution in [0.4, 0.5) is 0 Å². The molecule has 0 bridgehead atoms. The van der Waals surface area contributed by atoms with Crippen LogP contribution in [-0.4, -0.2) is 51.4 Å². The van der Waals surface area contributed by atoms with Crippen LogP contribution in [0.3, 0.4) is 0 Å². The number of ether oxygens (including phenoxy) is 1. The summed E-state index contributed by atoms with van der Waals surface area (Å²) in [7, 11) is 0. The van der Waals surface area contributed by atoms with Gasteiger partial charge in [-0.3, -0.25) is 0 Å². The molecule has 17 heavy (non-hydrogen) atoms. The van der Waals surface area contributed by atoms with Gasteiger partial charge < -0.3 is 25.2 Å². The highest BCUT2D eigenvalue weighted by molar-refractivity contribution is 5.19. The Labute approximate surface area is 98.9 Å². The zero-order valence-electron chi connectivity index (χ0n) is 9.10. The molecule has 2 rings (SSSR count). The summed E-state index contributed by atoms with van der Waals surface area (Å²) in [6.45, 7) is -0.416. The van der Waals surface area contributed by atoms with Crippen molar-refractivity contribution in [2.24, 2.45) is 0 Å². The van der Waals surface area contributed by atoms with Gasteiger partial charge in [-0.2, -0.15) is 0 Å². The Hall–Kier alpha value is -0.980. The van der Waals surface area contributed by atoms with Crippen molar-refractivity contribution in [1.29, 1.82) is 0 Å². The Morgan fingerprint density at radius 1 is 1.06 bits per heavy atom. The molecule has 1 fully saturated rings. The van der Waals surface area contributed by atoms with Crippen molar-refractivity contribution in [3.05, 3.63) is 35.9 Å². The van der Waals surface area contributed by atoms with E-state index in [2.05, 4.69) is 6.07 Å². The lowest BCUT2D eigenvalue weighted by atomic mass is 9.91. The fraction of sp³-hybridized carbons (Fsp3) is 0.500. The minimum Gasteiger partial charge on any atom is -0.394 e. The van der Waals surface area contributed by atoms with Crippen molar-refractivity contribution in [3.63, 3.8) is 0 Å². The van der Waals surface area contributed by atoms with E-state index in [-0.39, 0.29) is 0 Å². The van der Waals surface area contributed by atoms with Crippen LogP contribution in [0.2, 0.25) is 0 Å². The van der Waals surface area contributed by atoms with Crippen LogP contribution >= 0.6 is 0 Å². The van der Waals surface area contributed by atoms with E-state index in [9.17, 15) is 15.3 Å². The number of hydrogen-bond acceptors (Lipinski definition) is 5. The summed E-state index contributed by atoms with van der Waals surface area (Å²) in [4.78, 5) is 0. The third kappa shape index (κ3) is 2.34. The number of hydrogen-bond donors (Lipinski definition) is 4. The Kier molecular flexibility index (Phi) is 3.76. The largest absolute Gasteiger partial charge is 0.394 e. The molecule has 5 atom stereocenters. The highest BCUT2D eigenvalue weighted by Gasteiger charge is 2.43. The molecule has 5 nitrogen and oxygen atoms in total. The lowest BCUT2D eigenvalue weighted by Gasteiger charge is -2.40. The maximum absolute atomic E-state index is 9.85. The summed E-state index contributed by atoms with van der Waals surface area (Å²) in [5, 5.41) is 38.1. The smallest absolute Gasteiger partial charge is 0.113 e. The number of rotatable bonds is 2. The van der Waals surface area contributed by atoms with Gasteiger partial charge in [-0.15, -0.1) is 0 Å². The van der Waals surface area contributed by atoms with Crippen LogP contribution in [0.25, 0.3) is 0 Å². The molecule has 93 valence electrons. The molecule has 1 radical (unpaired) electrons. The van der Waals surface area contributed by atoms with Gasteiger partial charge in [0.2, 0.25) is 0 Å². The highest BCUT2D eigenvalue weighted by atomic mass is 16.5. The van der Waals surface area contributed by atoms with Gasteiger partial charge in [0, 0.05) is 0 Å². The van der Waals surface area contributed by atoms with Crippen molar-refractivity contribution >= 4 is 0 Å². The molecule has 1 aliphatic heterocycles. The summed E-state index contributed by atoms with van der Waals surface area (Å²) in [6, 6.07) is 9.56. The summed E-state index contributed by atoms with van der Waals surface area (Å²) in [6.07, 6.45) is -5.52. The summed E-state index contributed by atoms with van der Waals surface area (Å²) in [5.41, 5.74) is 0.667. The number of aliphatic hydroxyl groups is 4. The predicted octanol–water partition coefficient (Wildman–Crippen LogP) is -0.998. The van der Waals surface area contributed by atoms with E-state index >= 15 is 0 Å². The van der Waals surface area contributed by atoms with E-state index in [0.717, 1.165) is 0 Å². The molecule has 0 unspecified atom stereocenters. The van der Waals surface area contributed by atoms with Crippen molar-refractivity contribution < 1.29 is 25.2 Å². The molecular formula is C12H15O5. The Bertz CT molecular complexity index is 353. The van der Waals surface area contributed by atoms with Gasteiger partial charge in [-0.05, 0) is 11.6 Å². The molecule has 0 aliphatic carbocycles. The van der Waals surface area contributed by atoms with E-state index in [1.165, 1.54) is 0 Å². The molecule has 4 N–H and O–H groups in total. The highest BCUT2D eigenvalue weighted by Crippen LogP contribution is 2.31. The van der Waals surface area contributed by atoms with Crippen molar-refractivity contribution in [2.75, 3.05) is 6.61 Å². The van der Waals surface area contributed by atoms with Crippen LogP contribution in [0.5, 0.6) is 0 Å². The minimum absolute atomic E-state index is 0.416. The van der Waals surface area contributed by atoms with E-state index in [1.54, 1.807) is 24.3 Å². The van der Waals surface area contributed by atoms with E-state index in [4.69, 9.17) is 9.84 Å². The van der Waals surface area contributed by atoms with Gasteiger partial charge in [-0.1, -0.05) is 24.3 Å². The molecule has 1 saturated heterocycles. The Morgan fingerprint density at radius 3 is 2.29 bits per heavy atom. The summed E-state index contributed by atoms with van der Waals surface area (Å²) in [5.74, 6) is 0. The second kappa shape index (κ2) is 5.12. The summed E-state index contributed by atoms with van der Waals surface area (Å²) < 4.78 is 5.39. The molecule has 0 amide bonds. The van der Waals surface area contributed by atoms with Crippen LogP contribution in [-0.2, 0) is 4.74 Å². The molecule has 1 aliphatic rings. The first-order chi connectivity index (χ1) is 8.15. The second-order valence-electron chi connectivity index (χ2n) is 4.08. The fourth-order valence-corrected chi connectivity index (χ4v) is 1.97. The van der Waals surface area contributed by atoms with Crippen LogP contribution < -0.4 is 0 Å². The van der Waals surface area contributed by atoms with Gasteiger partial charge in [0.1, 0.15) is 30.5 Å². The number of benzene rings is 1. The third-order valence-electron chi connectivity index (χ3n) is 2.96. The van der Waals surface area contributed by atoms with E-state index in [0.29, 0.717) is 5.56 Å². The number of aliphatic hydroxyl groups excluding tert-OH is 4. The molecule has 1 heterocycles. The predicted molar refractivity (Wildman–Crippen MR) is 58.0 cm³/mol. The molecule has 1 aromatic rings. The second-order valence-corrected chi connectivity index (χ2v) is 4.08. The fourth-order valence-electron chi connectivity index (χ4n) is 1.97. The summed E-state index contributed by atoms with van der Waals surface area (Å²) >= 11 is 0. The first-order valence-corrected chi connectivity index (χ1v) is 5.41. The standard InChI is InChI=1S/C12H15O5/c13-6-8-9(14)10(15)11(16)12(17-8)7-4-2-1-3-5-7/h2-5,8-16H,6H2/t8-,9+,10+,11-,12+/m1/s1. The third-order valence-corrected chi connectivity index (χ3v) is 2.96. The Morgan fingerprint density at radius 2 is 1.71 bits per heavy atom. The maximum atomic E-state index is 9.85. The van der Waals surface area contributed by atoms with Gasteiger partial charge in [0.15, 0.2) is 0 Å². The van der Waals surface area contributed by atoms with Crippen LogP contribution in [0, 0.1) is 6.07 Å². The molecule has 0 saturated carbocycles. The maximum Gasteiger partial charge on any atom is 0.113 e.